The van der Waals surface area contributed by atoms with Crippen LogP contribution >= 0.6 is 0 Å². The van der Waals surface area contributed by atoms with Gasteiger partial charge in [0.2, 0.25) is 0 Å². The van der Waals surface area contributed by atoms with E-state index in [1.165, 1.54) is 5.39 Å². The molecule has 0 aliphatic rings. The van der Waals surface area contributed by atoms with Crippen LogP contribution in [0, 0.1) is 0 Å². The van der Waals surface area contributed by atoms with Gasteiger partial charge in [-0.05, 0) is 17.0 Å². The largest absolute Gasteiger partial charge is 0.388 e. The summed E-state index contributed by atoms with van der Waals surface area (Å²) in [4.78, 5) is 4.81. The topological polar surface area (TPSA) is 33.1 Å². The van der Waals surface area contributed by atoms with Crippen LogP contribution in [0.25, 0.3) is 21.7 Å². The van der Waals surface area contributed by atoms with Crippen LogP contribution in [-0.4, -0.2) is 10.1 Å². The van der Waals surface area contributed by atoms with E-state index in [9.17, 15) is 5.11 Å². The molecule has 4 aromatic rings. The fraction of sp³-hybridized carbons (Fsp3) is 0.0952. The van der Waals surface area contributed by atoms with Gasteiger partial charge < -0.3 is 5.11 Å². The second kappa shape index (κ2) is 5.82. The molecule has 0 aliphatic carbocycles. The number of nitrogens with zero attached hydrogens (tertiary/aromatic N) is 1. The van der Waals surface area contributed by atoms with E-state index in [0.29, 0.717) is 6.42 Å². The number of hydrogen-bond acceptors (Lipinski definition) is 2. The Morgan fingerprint density at radius 3 is 2.09 bits per heavy atom. The Labute approximate surface area is 135 Å². The maximum atomic E-state index is 10.6. The molecule has 0 amide bonds. The van der Waals surface area contributed by atoms with Crippen LogP contribution in [0.3, 0.4) is 0 Å². The van der Waals surface area contributed by atoms with Gasteiger partial charge in [0.25, 0.3) is 0 Å². The summed E-state index contributed by atoms with van der Waals surface area (Å²) in [6.45, 7) is 0. The van der Waals surface area contributed by atoms with Gasteiger partial charge in [0.1, 0.15) is 0 Å². The molecule has 0 aliphatic heterocycles. The minimum Gasteiger partial charge on any atom is -0.388 e. The van der Waals surface area contributed by atoms with Gasteiger partial charge >= 0.3 is 0 Å². The van der Waals surface area contributed by atoms with Crippen LogP contribution in [-0.2, 0) is 6.42 Å². The summed E-state index contributed by atoms with van der Waals surface area (Å²) in [6.07, 6.45) is -0.0386. The van der Waals surface area contributed by atoms with Crippen molar-refractivity contribution in [2.45, 2.75) is 12.5 Å². The molecule has 2 nitrogen and oxygen atoms in total. The number of para-hydroxylation sites is 1. The van der Waals surface area contributed by atoms with Crippen LogP contribution < -0.4 is 0 Å². The van der Waals surface area contributed by atoms with Crippen LogP contribution in [0.15, 0.2) is 78.9 Å². The van der Waals surface area contributed by atoms with Gasteiger partial charge in [0.05, 0.1) is 17.3 Å². The van der Waals surface area contributed by atoms with E-state index in [-0.39, 0.29) is 0 Å². The standard InChI is InChI=1S/C21H17NO/c23-21(15-8-2-1-3-9-15)14-20-18-12-5-4-10-16(18)17-11-6-7-13-19(17)22-20/h1-13,21,23H,14H2. The number of aromatic nitrogens is 1. The van der Waals surface area contributed by atoms with Gasteiger partial charge in [-0.2, -0.15) is 0 Å². The van der Waals surface area contributed by atoms with Crippen molar-refractivity contribution in [1.82, 2.24) is 4.98 Å². The Morgan fingerprint density at radius 1 is 0.696 bits per heavy atom. The summed E-state index contributed by atoms with van der Waals surface area (Å²) < 4.78 is 0. The highest BCUT2D eigenvalue weighted by Crippen LogP contribution is 2.28. The van der Waals surface area contributed by atoms with Crippen LogP contribution in [0.2, 0.25) is 0 Å². The smallest absolute Gasteiger partial charge is 0.0845 e. The minimum atomic E-state index is -0.548. The van der Waals surface area contributed by atoms with Crippen LogP contribution in [0.4, 0.5) is 0 Å². The summed E-state index contributed by atoms with van der Waals surface area (Å²) >= 11 is 0. The van der Waals surface area contributed by atoms with Crippen molar-refractivity contribution in [1.29, 1.82) is 0 Å². The zero-order valence-corrected chi connectivity index (χ0v) is 12.7. The van der Waals surface area contributed by atoms with Gasteiger partial charge in [-0.25, -0.2) is 0 Å². The fourth-order valence-corrected chi connectivity index (χ4v) is 3.11. The van der Waals surface area contributed by atoms with E-state index in [0.717, 1.165) is 27.5 Å². The molecule has 0 spiro atoms. The zero-order valence-electron chi connectivity index (χ0n) is 12.7. The summed E-state index contributed by atoms with van der Waals surface area (Å²) in [5.41, 5.74) is 2.84. The van der Waals surface area contributed by atoms with E-state index in [2.05, 4.69) is 18.2 Å². The molecular weight excluding hydrogens is 282 g/mol. The molecule has 4 rings (SSSR count). The molecule has 0 radical (unpaired) electrons. The summed E-state index contributed by atoms with van der Waals surface area (Å²) in [7, 11) is 0. The van der Waals surface area contributed by atoms with Gasteiger partial charge in [-0.15, -0.1) is 0 Å². The summed E-state index contributed by atoms with van der Waals surface area (Å²) in [6, 6.07) is 26.2. The SMILES string of the molecule is OC(Cc1nc2ccccc2c2ccccc12)c1ccccc1. The van der Waals surface area contributed by atoms with Crippen molar-refractivity contribution in [3.05, 3.63) is 90.1 Å². The molecule has 1 aromatic heterocycles. The van der Waals surface area contributed by atoms with E-state index < -0.39 is 6.10 Å². The molecular formula is C21H17NO. The zero-order chi connectivity index (χ0) is 15.6. The molecule has 23 heavy (non-hydrogen) atoms. The molecule has 0 saturated carbocycles. The van der Waals surface area contributed by atoms with E-state index >= 15 is 0 Å². The number of fused-ring (bicyclic) bond motifs is 3. The third kappa shape index (κ3) is 2.58. The predicted molar refractivity (Wildman–Crippen MR) is 94.4 cm³/mol. The average molecular weight is 299 g/mol. The second-order valence-electron chi connectivity index (χ2n) is 5.75. The first kappa shape index (κ1) is 13.9. The van der Waals surface area contributed by atoms with Crippen molar-refractivity contribution in [2.24, 2.45) is 0 Å². The van der Waals surface area contributed by atoms with Gasteiger partial charge in [0.15, 0.2) is 0 Å². The van der Waals surface area contributed by atoms with Crippen LogP contribution in [0.1, 0.15) is 17.4 Å². The van der Waals surface area contributed by atoms with E-state index in [4.69, 9.17) is 4.98 Å². The second-order valence-corrected chi connectivity index (χ2v) is 5.75. The molecule has 112 valence electrons. The Balaban J connectivity index is 1.85. The number of pyridine rings is 1. The van der Waals surface area contributed by atoms with Gasteiger partial charge in [-0.3, -0.25) is 4.98 Å². The third-order valence-electron chi connectivity index (χ3n) is 4.26. The third-order valence-corrected chi connectivity index (χ3v) is 4.26. The number of aliphatic hydroxyl groups is 1. The lowest BCUT2D eigenvalue weighted by atomic mass is 9.98. The predicted octanol–water partition coefficient (Wildman–Crippen LogP) is 4.66. The molecule has 2 heteroatoms. The van der Waals surface area contributed by atoms with E-state index in [1.807, 2.05) is 60.7 Å². The monoisotopic (exact) mass is 299 g/mol. The molecule has 0 saturated heterocycles. The van der Waals surface area contributed by atoms with Crippen molar-refractivity contribution < 1.29 is 5.11 Å². The van der Waals surface area contributed by atoms with Gasteiger partial charge in [0, 0.05) is 17.2 Å². The number of benzene rings is 3. The van der Waals surface area contributed by atoms with Crippen molar-refractivity contribution in [2.75, 3.05) is 0 Å². The van der Waals surface area contributed by atoms with Crippen molar-refractivity contribution in [3.63, 3.8) is 0 Å². The maximum absolute atomic E-state index is 10.6. The Kier molecular flexibility index (Phi) is 3.52. The number of hydrogen-bond donors (Lipinski definition) is 1. The molecule has 1 unspecified atom stereocenters. The van der Waals surface area contributed by atoms with Gasteiger partial charge in [-0.1, -0.05) is 72.8 Å². The van der Waals surface area contributed by atoms with E-state index in [1.54, 1.807) is 0 Å². The highest BCUT2D eigenvalue weighted by Gasteiger charge is 2.13. The Bertz CT molecular complexity index is 963. The normalized spacial score (nSPS) is 12.6. The Morgan fingerprint density at radius 2 is 1.30 bits per heavy atom. The fourth-order valence-electron chi connectivity index (χ4n) is 3.11. The first-order valence-electron chi connectivity index (χ1n) is 7.82. The Hall–Kier alpha value is -2.71. The summed E-state index contributed by atoms with van der Waals surface area (Å²) in [5, 5.41) is 14.0. The lowest BCUT2D eigenvalue weighted by Gasteiger charge is -2.14. The van der Waals surface area contributed by atoms with Crippen molar-refractivity contribution in [3.8, 4) is 0 Å². The molecule has 0 fully saturated rings. The molecule has 1 atom stereocenters. The minimum absolute atomic E-state index is 0.509. The highest BCUT2D eigenvalue weighted by molar-refractivity contribution is 6.06. The quantitative estimate of drug-likeness (QED) is 0.558. The molecule has 0 bridgehead atoms. The first-order chi connectivity index (χ1) is 11.3. The number of aliphatic hydroxyl groups excluding tert-OH is 1. The van der Waals surface area contributed by atoms with Crippen molar-refractivity contribution >= 4 is 21.7 Å². The molecule has 3 aromatic carbocycles. The first-order valence-corrected chi connectivity index (χ1v) is 7.82. The lowest BCUT2D eigenvalue weighted by Crippen LogP contribution is -2.04. The highest BCUT2D eigenvalue weighted by atomic mass is 16.3. The number of rotatable bonds is 3. The molecule has 1 N–H and O–H groups in total. The summed E-state index contributed by atoms with van der Waals surface area (Å²) in [5.74, 6) is 0. The maximum Gasteiger partial charge on any atom is 0.0845 e. The van der Waals surface area contributed by atoms with Crippen LogP contribution in [0.5, 0.6) is 0 Å². The lowest BCUT2D eigenvalue weighted by molar-refractivity contribution is 0.178. The average Bonchev–Trinajstić information content (AvgIpc) is 2.62. The molecule has 1 heterocycles.